The monoisotopic (exact) mass is 219 g/mol. The quantitative estimate of drug-likeness (QED) is 0.629. The second-order valence-corrected chi connectivity index (χ2v) is 4.45. The molecule has 0 spiro atoms. The van der Waals surface area contributed by atoms with Gasteiger partial charge in [0.05, 0.1) is 6.42 Å². The van der Waals surface area contributed by atoms with Crippen molar-refractivity contribution in [3.8, 4) is 0 Å². The SMILES string of the molecule is CC(C)NC(=O)CCSCCC(=O)O. The maximum Gasteiger partial charge on any atom is 0.304 e. The van der Waals surface area contributed by atoms with E-state index < -0.39 is 5.97 Å². The molecule has 0 aliphatic carbocycles. The van der Waals surface area contributed by atoms with Gasteiger partial charge in [-0.3, -0.25) is 9.59 Å². The number of aliphatic carboxylic acids is 1. The van der Waals surface area contributed by atoms with Crippen LogP contribution >= 0.6 is 11.8 Å². The zero-order chi connectivity index (χ0) is 11.0. The largest absolute Gasteiger partial charge is 0.481 e. The van der Waals surface area contributed by atoms with Crippen molar-refractivity contribution in [2.45, 2.75) is 32.7 Å². The van der Waals surface area contributed by atoms with Gasteiger partial charge < -0.3 is 10.4 Å². The van der Waals surface area contributed by atoms with Gasteiger partial charge in [-0.2, -0.15) is 11.8 Å². The maximum atomic E-state index is 11.1. The minimum absolute atomic E-state index is 0.0304. The summed E-state index contributed by atoms with van der Waals surface area (Å²) in [5, 5.41) is 11.1. The average molecular weight is 219 g/mol. The number of carbonyl (C=O) groups is 2. The Labute approximate surface area is 88.4 Å². The second-order valence-electron chi connectivity index (χ2n) is 3.23. The molecule has 1 amide bonds. The average Bonchev–Trinajstić information content (AvgIpc) is 2.01. The fourth-order valence-electron chi connectivity index (χ4n) is 0.821. The Balaban J connectivity index is 3.27. The number of carboxylic acid groups (broad SMARTS) is 1. The van der Waals surface area contributed by atoms with Crippen molar-refractivity contribution in [2.24, 2.45) is 0 Å². The fraction of sp³-hybridized carbons (Fsp3) is 0.778. The molecule has 0 aliphatic heterocycles. The molecule has 0 radical (unpaired) electrons. The molecule has 0 fully saturated rings. The summed E-state index contributed by atoms with van der Waals surface area (Å²) in [6.45, 7) is 3.82. The molecular formula is C9H17NO3S. The molecule has 0 rings (SSSR count). The van der Waals surface area contributed by atoms with Crippen molar-refractivity contribution < 1.29 is 14.7 Å². The molecular weight excluding hydrogens is 202 g/mol. The topological polar surface area (TPSA) is 66.4 Å². The van der Waals surface area contributed by atoms with E-state index in [9.17, 15) is 9.59 Å². The number of carbonyl (C=O) groups excluding carboxylic acids is 1. The molecule has 2 N–H and O–H groups in total. The molecule has 0 atom stereocenters. The van der Waals surface area contributed by atoms with Crippen LogP contribution in [-0.4, -0.2) is 34.5 Å². The summed E-state index contributed by atoms with van der Waals surface area (Å²) in [5.74, 6) is 0.503. The molecule has 14 heavy (non-hydrogen) atoms. The minimum Gasteiger partial charge on any atom is -0.481 e. The van der Waals surface area contributed by atoms with Crippen LogP contribution in [0.1, 0.15) is 26.7 Å². The number of hydrogen-bond donors (Lipinski definition) is 2. The number of thioether (sulfide) groups is 1. The molecule has 5 heteroatoms. The second kappa shape index (κ2) is 7.67. The number of carboxylic acids is 1. The minimum atomic E-state index is -0.788. The molecule has 0 aromatic heterocycles. The lowest BCUT2D eigenvalue weighted by molar-refractivity contribution is -0.136. The highest BCUT2D eigenvalue weighted by atomic mass is 32.2. The highest BCUT2D eigenvalue weighted by Gasteiger charge is 2.03. The van der Waals surface area contributed by atoms with Crippen molar-refractivity contribution in [3.63, 3.8) is 0 Å². The maximum absolute atomic E-state index is 11.1. The first-order valence-electron chi connectivity index (χ1n) is 4.61. The predicted octanol–water partition coefficient (Wildman–Crippen LogP) is 1.11. The van der Waals surface area contributed by atoms with Crippen LogP contribution in [0.4, 0.5) is 0 Å². The summed E-state index contributed by atoms with van der Waals surface area (Å²) in [6, 6.07) is 0.173. The Morgan fingerprint density at radius 3 is 2.36 bits per heavy atom. The van der Waals surface area contributed by atoms with Crippen molar-refractivity contribution in [1.82, 2.24) is 5.32 Å². The van der Waals surface area contributed by atoms with Gasteiger partial charge in [-0.05, 0) is 13.8 Å². The summed E-state index contributed by atoms with van der Waals surface area (Å²) in [6.07, 6.45) is 0.624. The molecule has 4 nitrogen and oxygen atoms in total. The van der Waals surface area contributed by atoms with Crippen molar-refractivity contribution in [2.75, 3.05) is 11.5 Å². The molecule has 0 saturated carbocycles. The molecule has 0 unspecified atom stereocenters. The van der Waals surface area contributed by atoms with Crippen LogP contribution in [0.3, 0.4) is 0 Å². The van der Waals surface area contributed by atoms with Crippen LogP contribution < -0.4 is 5.32 Å². The lowest BCUT2D eigenvalue weighted by Crippen LogP contribution is -2.30. The zero-order valence-corrected chi connectivity index (χ0v) is 9.39. The molecule has 82 valence electrons. The first kappa shape index (κ1) is 13.3. The molecule has 0 aromatic carbocycles. The summed E-state index contributed by atoms with van der Waals surface area (Å²) in [4.78, 5) is 21.3. The predicted molar refractivity (Wildman–Crippen MR) is 57.5 cm³/mol. The van der Waals surface area contributed by atoms with Gasteiger partial charge >= 0.3 is 5.97 Å². The van der Waals surface area contributed by atoms with Gasteiger partial charge in [-0.15, -0.1) is 0 Å². The first-order chi connectivity index (χ1) is 6.52. The van der Waals surface area contributed by atoms with E-state index in [1.54, 1.807) is 0 Å². The Hall–Kier alpha value is -0.710. The third kappa shape index (κ3) is 9.38. The Morgan fingerprint density at radius 1 is 1.29 bits per heavy atom. The van der Waals surface area contributed by atoms with Gasteiger partial charge in [0.1, 0.15) is 0 Å². The summed E-state index contributed by atoms with van der Waals surface area (Å²) < 4.78 is 0. The van der Waals surface area contributed by atoms with Crippen molar-refractivity contribution >= 4 is 23.6 Å². The van der Waals surface area contributed by atoms with Crippen molar-refractivity contribution in [1.29, 1.82) is 0 Å². The van der Waals surface area contributed by atoms with Crippen LogP contribution in [0.15, 0.2) is 0 Å². The van der Waals surface area contributed by atoms with Gasteiger partial charge in [-0.1, -0.05) is 0 Å². The Kier molecular flexibility index (Phi) is 7.28. The molecule has 0 aliphatic rings. The zero-order valence-electron chi connectivity index (χ0n) is 8.58. The van der Waals surface area contributed by atoms with Crippen LogP contribution in [-0.2, 0) is 9.59 Å². The van der Waals surface area contributed by atoms with Crippen LogP contribution in [0, 0.1) is 0 Å². The molecule has 0 aromatic rings. The number of nitrogens with one attached hydrogen (secondary N) is 1. The third-order valence-corrected chi connectivity index (χ3v) is 2.37. The third-order valence-electron chi connectivity index (χ3n) is 1.38. The van der Waals surface area contributed by atoms with E-state index >= 15 is 0 Å². The van der Waals surface area contributed by atoms with Crippen molar-refractivity contribution in [3.05, 3.63) is 0 Å². The van der Waals surface area contributed by atoms with E-state index in [4.69, 9.17) is 5.11 Å². The van der Waals surface area contributed by atoms with Gasteiger partial charge in [-0.25, -0.2) is 0 Å². The standard InChI is InChI=1S/C9H17NO3S/c1-7(2)10-8(11)3-5-14-6-4-9(12)13/h7H,3-6H2,1-2H3,(H,10,11)(H,12,13). The normalized spacial score (nSPS) is 10.2. The van der Waals surface area contributed by atoms with E-state index in [-0.39, 0.29) is 18.4 Å². The van der Waals surface area contributed by atoms with Crippen LogP contribution in [0.5, 0.6) is 0 Å². The summed E-state index contributed by atoms with van der Waals surface area (Å²) in [7, 11) is 0. The molecule has 0 bridgehead atoms. The van der Waals surface area contributed by atoms with Crippen LogP contribution in [0.25, 0.3) is 0 Å². The molecule has 0 heterocycles. The van der Waals surface area contributed by atoms with Gasteiger partial charge in [0.2, 0.25) is 5.91 Å². The highest BCUT2D eigenvalue weighted by Crippen LogP contribution is 2.04. The Morgan fingerprint density at radius 2 is 1.86 bits per heavy atom. The van der Waals surface area contributed by atoms with E-state index in [0.717, 1.165) is 0 Å². The summed E-state index contributed by atoms with van der Waals surface area (Å²) >= 11 is 1.50. The highest BCUT2D eigenvalue weighted by molar-refractivity contribution is 7.99. The van der Waals surface area contributed by atoms with Gasteiger partial charge in [0.25, 0.3) is 0 Å². The summed E-state index contributed by atoms with van der Waals surface area (Å²) in [5.41, 5.74) is 0. The molecule has 0 saturated heterocycles. The fourth-order valence-corrected chi connectivity index (χ4v) is 1.67. The number of amides is 1. The first-order valence-corrected chi connectivity index (χ1v) is 5.76. The van der Waals surface area contributed by atoms with Crippen LogP contribution in [0.2, 0.25) is 0 Å². The van der Waals surface area contributed by atoms with E-state index in [0.29, 0.717) is 17.9 Å². The van der Waals surface area contributed by atoms with Gasteiger partial charge in [0, 0.05) is 24.0 Å². The van der Waals surface area contributed by atoms with E-state index in [1.165, 1.54) is 11.8 Å². The lowest BCUT2D eigenvalue weighted by Gasteiger charge is -2.07. The smallest absolute Gasteiger partial charge is 0.304 e. The Bertz CT molecular complexity index is 194. The number of rotatable bonds is 7. The lowest BCUT2D eigenvalue weighted by atomic mass is 10.3. The van der Waals surface area contributed by atoms with E-state index in [2.05, 4.69) is 5.32 Å². The van der Waals surface area contributed by atoms with Gasteiger partial charge in [0.15, 0.2) is 0 Å². The number of hydrogen-bond acceptors (Lipinski definition) is 3. The van der Waals surface area contributed by atoms with E-state index in [1.807, 2.05) is 13.8 Å².